The van der Waals surface area contributed by atoms with E-state index in [-0.39, 0.29) is 17.1 Å². The van der Waals surface area contributed by atoms with Crippen LogP contribution >= 0.6 is 11.6 Å². The van der Waals surface area contributed by atoms with Gasteiger partial charge in [0, 0.05) is 24.1 Å². The SMILES string of the molecule is O=C(CNC(=O)c1c(Cl)cccc1[N+](=O)[O-])Nc1ccncc1. The molecule has 0 unspecified atom stereocenters. The van der Waals surface area contributed by atoms with Crippen LogP contribution < -0.4 is 10.6 Å². The number of benzene rings is 1. The van der Waals surface area contributed by atoms with Crippen molar-refractivity contribution in [3.63, 3.8) is 0 Å². The molecule has 2 N–H and O–H groups in total. The molecule has 1 aromatic heterocycles. The molecule has 1 heterocycles. The maximum absolute atomic E-state index is 12.1. The van der Waals surface area contributed by atoms with Gasteiger partial charge in [-0.3, -0.25) is 24.7 Å². The normalized spacial score (nSPS) is 9.96. The first-order valence-electron chi connectivity index (χ1n) is 6.40. The number of nitrogens with zero attached hydrogens (tertiary/aromatic N) is 2. The molecule has 0 spiro atoms. The first kappa shape index (κ1) is 16.4. The second kappa shape index (κ2) is 7.32. The lowest BCUT2D eigenvalue weighted by molar-refractivity contribution is -0.385. The molecule has 2 aromatic rings. The molecule has 0 saturated carbocycles. The van der Waals surface area contributed by atoms with Gasteiger partial charge in [-0.25, -0.2) is 0 Å². The molecule has 23 heavy (non-hydrogen) atoms. The molecule has 2 amide bonds. The number of nitrogens with one attached hydrogen (secondary N) is 2. The predicted molar refractivity (Wildman–Crippen MR) is 83.3 cm³/mol. The summed E-state index contributed by atoms with van der Waals surface area (Å²) in [6, 6.07) is 7.06. The second-order valence-corrected chi connectivity index (χ2v) is 4.77. The molecule has 0 aliphatic carbocycles. The standard InChI is InChI=1S/C14H11ClN4O4/c15-10-2-1-3-11(19(22)23)13(10)14(21)17-8-12(20)18-9-4-6-16-7-5-9/h1-7H,8H2,(H,17,21)(H,16,18,20). The lowest BCUT2D eigenvalue weighted by Gasteiger charge is -2.08. The molecule has 0 saturated heterocycles. The lowest BCUT2D eigenvalue weighted by Crippen LogP contribution is -2.33. The zero-order chi connectivity index (χ0) is 16.8. The topological polar surface area (TPSA) is 114 Å². The Morgan fingerprint density at radius 1 is 1.22 bits per heavy atom. The van der Waals surface area contributed by atoms with Crippen molar-refractivity contribution in [1.29, 1.82) is 0 Å². The Morgan fingerprint density at radius 3 is 2.57 bits per heavy atom. The smallest absolute Gasteiger partial charge is 0.283 e. The Bertz CT molecular complexity index is 752. The van der Waals surface area contributed by atoms with Crippen molar-refractivity contribution in [3.05, 3.63) is 63.4 Å². The van der Waals surface area contributed by atoms with Gasteiger partial charge in [-0.1, -0.05) is 17.7 Å². The molecule has 0 aliphatic heterocycles. The molecule has 0 radical (unpaired) electrons. The average Bonchev–Trinajstić information content (AvgIpc) is 2.53. The van der Waals surface area contributed by atoms with E-state index in [9.17, 15) is 19.7 Å². The van der Waals surface area contributed by atoms with E-state index in [0.29, 0.717) is 5.69 Å². The van der Waals surface area contributed by atoms with Gasteiger partial charge in [0.25, 0.3) is 11.6 Å². The number of carbonyl (C=O) groups is 2. The maximum Gasteiger partial charge on any atom is 0.283 e. The van der Waals surface area contributed by atoms with Crippen LogP contribution in [0, 0.1) is 10.1 Å². The number of nitro groups is 1. The third-order valence-corrected chi connectivity index (χ3v) is 3.10. The van der Waals surface area contributed by atoms with Crippen LogP contribution in [0.1, 0.15) is 10.4 Å². The maximum atomic E-state index is 12.1. The number of nitro benzene ring substituents is 1. The van der Waals surface area contributed by atoms with E-state index in [0.717, 1.165) is 6.07 Å². The van der Waals surface area contributed by atoms with Crippen molar-refractivity contribution in [2.75, 3.05) is 11.9 Å². The van der Waals surface area contributed by atoms with Gasteiger partial charge in [0.15, 0.2) is 0 Å². The van der Waals surface area contributed by atoms with E-state index in [1.54, 1.807) is 12.1 Å². The largest absolute Gasteiger partial charge is 0.343 e. The Hall–Kier alpha value is -3.00. The first-order valence-corrected chi connectivity index (χ1v) is 6.78. The predicted octanol–water partition coefficient (Wildman–Crippen LogP) is 2.01. The van der Waals surface area contributed by atoms with Crippen LogP contribution in [-0.4, -0.2) is 28.3 Å². The zero-order valence-electron chi connectivity index (χ0n) is 11.7. The number of pyridine rings is 1. The molecule has 8 nitrogen and oxygen atoms in total. The summed E-state index contributed by atoms with van der Waals surface area (Å²) in [4.78, 5) is 37.8. The van der Waals surface area contributed by atoms with Crippen molar-refractivity contribution in [2.24, 2.45) is 0 Å². The van der Waals surface area contributed by atoms with E-state index < -0.39 is 22.4 Å². The summed E-state index contributed by atoms with van der Waals surface area (Å²) < 4.78 is 0. The summed E-state index contributed by atoms with van der Waals surface area (Å²) in [7, 11) is 0. The number of carbonyl (C=O) groups excluding carboxylic acids is 2. The Morgan fingerprint density at radius 2 is 1.91 bits per heavy atom. The summed E-state index contributed by atoms with van der Waals surface area (Å²) in [6.45, 7) is -0.358. The molecular weight excluding hydrogens is 324 g/mol. The fraction of sp³-hybridized carbons (Fsp3) is 0.0714. The van der Waals surface area contributed by atoms with Crippen molar-refractivity contribution in [3.8, 4) is 0 Å². The monoisotopic (exact) mass is 334 g/mol. The van der Waals surface area contributed by atoms with Crippen molar-refractivity contribution >= 4 is 34.8 Å². The Kier molecular flexibility index (Phi) is 5.21. The van der Waals surface area contributed by atoms with Crippen LogP contribution in [0.15, 0.2) is 42.7 Å². The summed E-state index contributed by atoms with van der Waals surface area (Å²) in [6.07, 6.45) is 3.00. The van der Waals surface area contributed by atoms with Gasteiger partial charge >= 0.3 is 0 Å². The summed E-state index contributed by atoms with van der Waals surface area (Å²) >= 11 is 5.84. The highest BCUT2D eigenvalue weighted by Crippen LogP contribution is 2.25. The highest BCUT2D eigenvalue weighted by molar-refractivity contribution is 6.34. The molecule has 2 rings (SSSR count). The van der Waals surface area contributed by atoms with Crippen LogP contribution in [0.25, 0.3) is 0 Å². The van der Waals surface area contributed by atoms with Gasteiger partial charge in [0.2, 0.25) is 5.91 Å². The Balaban J connectivity index is 2.03. The molecular formula is C14H11ClN4O4. The van der Waals surface area contributed by atoms with E-state index in [4.69, 9.17) is 11.6 Å². The first-order chi connectivity index (χ1) is 11.0. The second-order valence-electron chi connectivity index (χ2n) is 4.36. The van der Waals surface area contributed by atoms with Crippen molar-refractivity contribution in [1.82, 2.24) is 10.3 Å². The van der Waals surface area contributed by atoms with E-state index in [1.165, 1.54) is 24.5 Å². The number of anilines is 1. The minimum Gasteiger partial charge on any atom is -0.343 e. The number of amides is 2. The highest BCUT2D eigenvalue weighted by Gasteiger charge is 2.23. The van der Waals surface area contributed by atoms with Crippen LogP contribution in [0.2, 0.25) is 5.02 Å². The number of hydrogen-bond donors (Lipinski definition) is 2. The van der Waals surface area contributed by atoms with Gasteiger partial charge in [-0.15, -0.1) is 0 Å². The molecule has 0 atom stereocenters. The molecule has 118 valence electrons. The van der Waals surface area contributed by atoms with E-state index >= 15 is 0 Å². The van der Waals surface area contributed by atoms with E-state index in [2.05, 4.69) is 15.6 Å². The fourth-order valence-electron chi connectivity index (χ4n) is 1.78. The van der Waals surface area contributed by atoms with Crippen LogP contribution in [0.3, 0.4) is 0 Å². The van der Waals surface area contributed by atoms with Gasteiger partial charge < -0.3 is 10.6 Å². The van der Waals surface area contributed by atoms with Gasteiger partial charge in [0.1, 0.15) is 5.56 Å². The number of aromatic nitrogens is 1. The minimum absolute atomic E-state index is 0.0637. The molecule has 0 aliphatic rings. The Labute approximate surface area is 135 Å². The summed E-state index contributed by atoms with van der Waals surface area (Å²) in [5.41, 5.74) is -0.191. The molecule has 0 bridgehead atoms. The van der Waals surface area contributed by atoms with Crippen LogP contribution in [0.5, 0.6) is 0 Å². The molecule has 0 fully saturated rings. The highest BCUT2D eigenvalue weighted by atomic mass is 35.5. The van der Waals surface area contributed by atoms with Crippen molar-refractivity contribution in [2.45, 2.75) is 0 Å². The zero-order valence-corrected chi connectivity index (χ0v) is 12.4. The summed E-state index contributed by atoms with van der Waals surface area (Å²) in [5.74, 6) is -1.29. The molecule has 1 aromatic carbocycles. The van der Waals surface area contributed by atoms with E-state index in [1.807, 2.05) is 0 Å². The van der Waals surface area contributed by atoms with Crippen LogP contribution in [0.4, 0.5) is 11.4 Å². The number of rotatable bonds is 5. The number of halogens is 1. The quantitative estimate of drug-likeness (QED) is 0.641. The third kappa shape index (κ3) is 4.24. The third-order valence-electron chi connectivity index (χ3n) is 2.79. The van der Waals surface area contributed by atoms with Gasteiger partial charge in [-0.05, 0) is 18.2 Å². The number of hydrogen-bond acceptors (Lipinski definition) is 5. The van der Waals surface area contributed by atoms with Crippen LogP contribution in [-0.2, 0) is 4.79 Å². The minimum atomic E-state index is -0.799. The average molecular weight is 335 g/mol. The fourth-order valence-corrected chi connectivity index (χ4v) is 2.03. The van der Waals surface area contributed by atoms with Crippen molar-refractivity contribution < 1.29 is 14.5 Å². The molecule has 9 heteroatoms. The lowest BCUT2D eigenvalue weighted by atomic mass is 10.1. The van der Waals surface area contributed by atoms with Gasteiger partial charge in [0.05, 0.1) is 16.5 Å². The summed E-state index contributed by atoms with van der Waals surface area (Å²) in [5, 5.41) is 15.7. The van der Waals surface area contributed by atoms with Gasteiger partial charge in [-0.2, -0.15) is 0 Å².